The van der Waals surface area contributed by atoms with Crippen molar-refractivity contribution in [1.29, 1.82) is 0 Å². The molecule has 0 bridgehead atoms. The Kier molecular flexibility index (Phi) is 4.77. The van der Waals surface area contributed by atoms with Crippen molar-refractivity contribution in [1.82, 2.24) is 4.90 Å². The number of carbonyl (C=O) groups excluding carboxylic acids is 2. The summed E-state index contributed by atoms with van der Waals surface area (Å²) in [7, 11) is 0. The zero-order chi connectivity index (χ0) is 14.5. The topological polar surface area (TPSA) is 46.6 Å². The number of hydrogen-bond donors (Lipinski definition) is 0. The normalized spacial score (nSPS) is 15.9. The van der Waals surface area contributed by atoms with Crippen LogP contribution in [0.4, 0.5) is 0 Å². The predicted octanol–water partition coefficient (Wildman–Crippen LogP) is 2.61. The molecule has 0 saturated carbocycles. The van der Waals surface area contributed by atoms with Gasteiger partial charge in [-0.05, 0) is 38.3 Å². The second kappa shape index (κ2) is 6.55. The monoisotopic (exact) mass is 275 g/mol. The number of aryl methyl sites for hydroxylation is 2. The first-order valence-electron chi connectivity index (χ1n) is 7.12. The number of nitrogens with zero attached hydrogens (tertiary/aromatic N) is 1. The maximum absolute atomic E-state index is 12.0. The van der Waals surface area contributed by atoms with E-state index in [1.807, 2.05) is 26.0 Å². The Morgan fingerprint density at radius 1 is 1.25 bits per heavy atom. The van der Waals surface area contributed by atoms with Gasteiger partial charge in [-0.1, -0.05) is 24.1 Å². The molecule has 108 valence electrons. The Bertz CT molecular complexity index is 510. The van der Waals surface area contributed by atoms with Crippen LogP contribution in [0, 0.1) is 13.8 Å². The Morgan fingerprint density at radius 3 is 2.80 bits per heavy atom. The van der Waals surface area contributed by atoms with Gasteiger partial charge in [0.1, 0.15) is 12.3 Å². The van der Waals surface area contributed by atoms with Crippen LogP contribution in [0.3, 0.4) is 0 Å². The molecule has 2 rings (SSSR count). The van der Waals surface area contributed by atoms with Crippen molar-refractivity contribution in [3.63, 3.8) is 0 Å². The predicted molar refractivity (Wildman–Crippen MR) is 76.6 cm³/mol. The van der Waals surface area contributed by atoms with Crippen LogP contribution in [0.2, 0.25) is 0 Å². The largest absolute Gasteiger partial charge is 0.425 e. The van der Waals surface area contributed by atoms with Gasteiger partial charge < -0.3 is 9.64 Å². The van der Waals surface area contributed by atoms with Gasteiger partial charge in [0.2, 0.25) is 5.91 Å². The lowest BCUT2D eigenvalue weighted by molar-refractivity contribution is -0.142. The van der Waals surface area contributed by atoms with Crippen LogP contribution in [0.1, 0.15) is 36.8 Å². The van der Waals surface area contributed by atoms with Gasteiger partial charge in [0.25, 0.3) is 0 Å². The third kappa shape index (κ3) is 3.83. The van der Waals surface area contributed by atoms with E-state index in [-0.39, 0.29) is 18.4 Å². The number of esters is 1. The molecule has 1 fully saturated rings. The minimum Gasteiger partial charge on any atom is -0.425 e. The molecule has 1 heterocycles. The summed E-state index contributed by atoms with van der Waals surface area (Å²) in [6.07, 6.45) is 3.47. The van der Waals surface area contributed by atoms with E-state index >= 15 is 0 Å². The number of carbonyl (C=O) groups is 2. The number of ether oxygens (including phenoxy) is 1. The first-order valence-corrected chi connectivity index (χ1v) is 7.12. The third-order valence-corrected chi connectivity index (χ3v) is 3.55. The smallest absolute Gasteiger partial charge is 0.331 e. The number of likely N-dealkylation sites (tertiary alicyclic amines) is 1. The maximum Gasteiger partial charge on any atom is 0.331 e. The molecule has 1 saturated heterocycles. The van der Waals surface area contributed by atoms with E-state index in [1.54, 1.807) is 11.0 Å². The summed E-state index contributed by atoms with van der Waals surface area (Å²) in [6, 6.07) is 5.68. The zero-order valence-electron chi connectivity index (χ0n) is 12.1. The van der Waals surface area contributed by atoms with Gasteiger partial charge in [-0.15, -0.1) is 0 Å². The molecule has 4 nitrogen and oxygen atoms in total. The van der Waals surface area contributed by atoms with Crippen molar-refractivity contribution in [2.75, 3.05) is 13.1 Å². The average molecular weight is 275 g/mol. The van der Waals surface area contributed by atoms with E-state index in [0.717, 1.165) is 30.4 Å². The van der Waals surface area contributed by atoms with Crippen molar-refractivity contribution >= 4 is 11.9 Å². The molecule has 20 heavy (non-hydrogen) atoms. The Hall–Kier alpha value is -1.84. The zero-order valence-corrected chi connectivity index (χ0v) is 12.1. The quantitative estimate of drug-likeness (QED) is 0.629. The molecular formula is C16H21NO3. The van der Waals surface area contributed by atoms with Gasteiger partial charge in [-0.25, -0.2) is 4.79 Å². The van der Waals surface area contributed by atoms with Crippen LogP contribution in [0.25, 0.3) is 0 Å². The number of rotatable bonds is 3. The Morgan fingerprint density at radius 2 is 2.05 bits per heavy atom. The average Bonchev–Trinajstić information content (AvgIpc) is 2.59. The minimum atomic E-state index is -0.368. The molecule has 4 heteroatoms. The van der Waals surface area contributed by atoms with E-state index in [1.165, 1.54) is 0 Å². The highest BCUT2D eigenvalue weighted by Gasteiger charge is 2.20. The van der Waals surface area contributed by atoms with E-state index in [0.29, 0.717) is 18.7 Å². The highest BCUT2D eigenvalue weighted by molar-refractivity contribution is 5.83. The molecule has 0 unspecified atom stereocenters. The summed E-state index contributed by atoms with van der Waals surface area (Å²) in [5.41, 5.74) is 2.06. The second-order valence-electron chi connectivity index (χ2n) is 5.37. The highest BCUT2D eigenvalue weighted by atomic mass is 16.5. The van der Waals surface area contributed by atoms with Crippen LogP contribution in [0.15, 0.2) is 18.2 Å². The van der Waals surface area contributed by atoms with Gasteiger partial charge in [0.15, 0.2) is 0 Å². The van der Waals surface area contributed by atoms with Crippen molar-refractivity contribution < 1.29 is 14.3 Å². The molecule has 0 radical (unpaired) electrons. The lowest BCUT2D eigenvalue weighted by Crippen LogP contribution is -2.36. The van der Waals surface area contributed by atoms with Crippen molar-refractivity contribution in [2.24, 2.45) is 0 Å². The van der Waals surface area contributed by atoms with Crippen molar-refractivity contribution in [3.8, 4) is 5.75 Å². The van der Waals surface area contributed by atoms with Crippen molar-refractivity contribution in [3.05, 3.63) is 29.3 Å². The van der Waals surface area contributed by atoms with Crippen LogP contribution in [-0.4, -0.2) is 29.9 Å². The highest BCUT2D eigenvalue weighted by Crippen LogP contribution is 2.19. The fourth-order valence-electron chi connectivity index (χ4n) is 2.43. The maximum atomic E-state index is 12.0. The standard InChI is InChI=1S/C16H21NO3/c1-12-7-8-14(13(2)10-12)20-16(19)11-17-9-5-3-4-6-15(17)18/h7-8,10H,3-6,9,11H2,1-2H3. The third-order valence-electron chi connectivity index (χ3n) is 3.55. The molecule has 1 aromatic rings. The molecule has 0 aromatic heterocycles. The van der Waals surface area contributed by atoms with Crippen LogP contribution in [0.5, 0.6) is 5.75 Å². The summed E-state index contributed by atoms with van der Waals surface area (Å²) >= 11 is 0. The Labute approximate surface area is 119 Å². The lowest BCUT2D eigenvalue weighted by Gasteiger charge is -2.19. The summed E-state index contributed by atoms with van der Waals surface area (Å²) in [5, 5.41) is 0. The molecule has 1 aliphatic rings. The fraction of sp³-hybridized carbons (Fsp3) is 0.500. The van der Waals surface area contributed by atoms with E-state index in [9.17, 15) is 9.59 Å². The van der Waals surface area contributed by atoms with Crippen LogP contribution >= 0.6 is 0 Å². The van der Waals surface area contributed by atoms with Crippen LogP contribution < -0.4 is 4.74 Å². The van der Waals surface area contributed by atoms with E-state index < -0.39 is 0 Å². The van der Waals surface area contributed by atoms with E-state index in [4.69, 9.17) is 4.74 Å². The van der Waals surface area contributed by atoms with Gasteiger partial charge in [0.05, 0.1) is 0 Å². The molecule has 0 atom stereocenters. The molecule has 0 aliphatic carbocycles. The van der Waals surface area contributed by atoms with Gasteiger partial charge in [0, 0.05) is 13.0 Å². The molecule has 1 amide bonds. The lowest BCUT2D eigenvalue weighted by atomic mass is 10.1. The minimum absolute atomic E-state index is 0.0478. The summed E-state index contributed by atoms with van der Waals surface area (Å²) < 4.78 is 5.36. The summed E-state index contributed by atoms with van der Waals surface area (Å²) in [4.78, 5) is 25.4. The SMILES string of the molecule is Cc1ccc(OC(=O)CN2CCCCCC2=O)c(C)c1. The molecule has 0 spiro atoms. The molecule has 0 N–H and O–H groups in total. The number of benzene rings is 1. The molecule has 1 aliphatic heterocycles. The molecular weight excluding hydrogens is 254 g/mol. The first-order chi connectivity index (χ1) is 9.56. The van der Waals surface area contributed by atoms with Gasteiger partial charge in [-0.3, -0.25) is 4.79 Å². The van der Waals surface area contributed by atoms with Crippen molar-refractivity contribution in [2.45, 2.75) is 39.5 Å². The van der Waals surface area contributed by atoms with Gasteiger partial charge >= 0.3 is 5.97 Å². The summed E-state index contributed by atoms with van der Waals surface area (Å²) in [5.74, 6) is 0.259. The second-order valence-corrected chi connectivity index (χ2v) is 5.37. The Balaban J connectivity index is 1.96. The number of amides is 1. The van der Waals surface area contributed by atoms with Gasteiger partial charge in [-0.2, -0.15) is 0 Å². The summed E-state index contributed by atoms with van der Waals surface area (Å²) in [6.45, 7) is 4.61. The fourth-order valence-corrected chi connectivity index (χ4v) is 2.43. The van der Waals surface area contributed by atoms with Crippen LogP contribution in [-0.2, 0) is 9.59 Å². The molecule has 1 aromatic carbocycles. The number of hydrogen-bond acceptors (Lipinski definition) is 3. The first kappa shape index (κ1) is 14.6. The van der Waals surface area contributed by atoms with E-state index in [2.05, 4.69) is 0 Å².